The summed E-state index contributed by atoms with van der Waals surface area (Å²) < 4.78 is 0. The molecule has 0 radical (unpaired) electrons. The molecule has 0 aliphatic heterocycles. The van der Waals surface area contributed by atoms with Gasteiger partial charge in [0.15, 0.2) is 6.20 Å². The van der Waals surface area contributed by atoms with Gasteiger partial charge in [-0.25, -0.2) is 0 Å². The molecule has 0 aromatic carbocycles. The van der Waals surface area contributed by atoms with Gasteiger partial charge in [0.25, 0.3) is 5.91 Å². The van der Waals surface area contributed by atoms with Crippen molar-refractivity contribution in [1.82, 2.24) is 9.88 Å². The van der Waals surface area contributed by atoms with Crippen LogP contribution >= 0.6 is 0 Å². The van der Waals surface area contributed by atoms with Crippen LogP contribution in [0.1, 0.15) is 23.7 Å². The molecule has 0 bridgehead atoms. The molecular weight excluding hydrogens is 236 g/mol. The minimum atomic E-state index is -0.615. The minimum absolute atomic E-state index is 0.258. The number of nitrogens with one attached hydrogen (secondary N) is 1. The van der Waals surface area contributed by atoms with Crippen LogP contribution in [0.15, 0.2) is 12.3 Å². The molecule has 1 rings (SSSR count). The van der Waals surface area contributed by atoms with E-state index in [1.807, 2.05) is 6.92 Å². The van der Waals surface area contributed by atoms with Crippen LogP contribution in [0.3, 0.4) is 0 Å². The first kappa shape index (κ1) is 13.9. The van der Waals surface area contributed by atoms with Crippen LogP contribution in [0, 0.1) is 10.1 Å². The van der Waals surface area contributed by atoms with Gasteiger partial charge in [0.2, 0.25) is 0 Å². The lowest BCUT2D eigenvalue weighted by molar-refractivity contribution is -0.389. The SMILES string of the molecule is CCCN(C)C(=O)c1cc([N+](=O)[O-])ncc1NC. The second kappa shape index (κ2) is 5.95. The van der Waals surface area contributed by atoms with E-state index < -0.39 is 4.92 Å². The third-order valence-electron chi connectivity index (χ3n) is 2.48. The topological polar surface area (TPSA) is 88.4 Å². The molecule has 0 saturated carbocycles. The standard InChI is InChI=1S/C11H16N4O3/c1-4-5-14(3)11(16)8-6-10(15(17)18)13-7-9(8)12-2/h6-7,12H,4-5H2,1-3H3. The van der Waals surface area contributed by atoms with Gasteiger partial charge in [-0.15, -0.1) is 0 Å². The summed E-state index contributed by atoms with van der Waals surface area (Å²) in [5, 5.41) is 13.5. The van der Waals surface area contributed by atoms with E-state index >= 15 is 0 Å². The second-order valence-electron chi connectivity index (χ2n) is 3.82. The summed E-state index contributed by atoms with van der Waals surface area (Å²) in [5.41, 5.74) is 0.740. The molecule has 0 fully saturated rings. The number of rotatable bonds is 5. The highest BCUT2D eigenvalue weighted by Gasteiger charge is 2.20. The number of carbonyl (C=O) groups is 1. The Balaban J connectivity index is 3.15. The Morgan fingerprint density at radius 2 is 2.28 bits per heavy atom. The van der Waals surface area contributed by atoms with Gasteiger partial charge in [0.1, 0.15) is 0 Å². The Morgan fingerprint density at radius 1 is 1.61 bits per heavy atom. The summed E-state index contributed by atoms with van der Waals surface area (Å²) in [6.45, 7) is 2.55. The molecule has 1 N–H and O–H groups in total. The van der Waals surface area contributed by atoms with Gasteiger partial charge in [0.05, 0.1) is 17.3 Å². The highest BCUT2D eigenvalue weighted by atomic mass is 16.6. The lowest BCUT2D eigenvalue weighted by atomic mass is 10.2. The molecule has 7 heteroatoms. The fraction of sp³-hybridized carbons (Fsp3) is 0.455. The first-order chi connectivity index (χ1) is 8.51. The molecule has 18 heavy (non-hydrogen) atoms. The molecule has 1 heterocycles. The number of amides is 1. The summed E-state index contributed by atoms with van der Waals surface area (Å²) in [4.78, 5) is 27.4. The Morgan fingerprint density at radius 3 is 2.78 bits per heavy atom. The molecule has 7 nitrogen and oxygen atoms in total. The summed E-state index contributed by atoms with van der Waals surface area (Å²) in [6.07, 6.45) is 2.12. The number of nitro groups is 1. The van der Waals surface area contributed by atoms with E-state index in [-0.39, 0.29) is 17.3 Å². The molecule has 1 aromatic rings. The Hall–Kier alpha value is -2.18. The van der Waals surface area contributed by atoms with Crippen molar-refractivity contribution in [3.63, 3.8) is 0 Å². The van der Waals surface area contributed by atoms with Crippen LogP contribution in [-0.4, -0.2) is 41.4 Å². The molecule has 1 aromatic heterocycles. The smallest absolute Gasteiger partial charge is 0.364 e. The van der Waals surface area contributed by atoms with Gasteiger partial charge in [-0.1, -0.05) is 6.92 Å². The summed E-state index contributed by atoms with van der Waals surface area (Å²) >= 11 is 0. The average Bonchev–Trinajstić information content (AvgIpc) is 2.37. The summed E-state index contributed by atoms with van der Waals surface area (Å²) in [5.74, 6) is -0.589. The zero-order chi connectivity index (χ0) is 13.7. The number of pyridine rings is 1. The molecule has 0 unspecified atom stereocenters. The van der Waals surface area contributed by atoms with Crippen molar-refractivity contribution in [3.05, 3.63) is 27.9 Å². The molecule has 0 spiro atoms. The van der Waals surface area contributed by atoms with Crippen molar-refractivity contribution in [3.8, 4) is 0 Å². The van der Waals surface area contributed by atoms with Crippen LogP contribution in [0.2, 0.25) is 0 Å². The van der Waals surface area contributed by atoms with Gasteiger partial charge < -0.3 is 20.3 Å². The summed E-state index contributed by atoms with van der Waals surface area (Å²) in [6, 6.07) is 1.19. The van der Waals surface area contributed by atoms with E-state index in [4.69, 9.17) is 0 Å². The first-order valence-electron chi connectivity index (χ1n) is 5.58. The van der Waals surface area contributed by atoms with Crippen molar-refractivity contribution >= 4 is 17.4 Å². The van der Waals surface area contributed by atoms with Gasteiger partial charge in [-0.05, 0) is 16.3 Å². The lowest BCUT2D eigenvalue weighted by Crippen LogP contribution is -2.28. The van der Waals surface area contributed by atoms with E-state index in [9.17, 15) is 14.9 Å². The third kappa shape index (κ3) is 2.93. The molecule has 0 aliphatic carbocycles. The van der Waals surface area contributed by atoms with E-state index in [1.54, 1.807) is 14.1 Å². The lowest BCUT2D eigenvalue weighted by Gasteiger charge is -2.17. The monoisotopic (exact) mass is 252 g/mol. The Labute approximate surface area is 105 Å². The highest BCUT2D eigenvalue weighted by molar-refractivity contribution is 5.99. The molecule has 0 aliphatic rings. The van der Waals surface area contributed by atoms with Crippen LogP contribution in [0.25, 0.3) is 0 Å². The molecule has 0 saturated heterocycles. The van der Waals surface area contributed by atoms with E-state index in [2.05, 4.69) is 10.3 Å². The van der Waals surface area contributed by atoms with Crippen molar-refractivity contribution in [1.29, 1.82) is 0 Å². The first-order valence-corrected chi connectivity index (χ1v) is 5.58. The van der Waals surface area contributed by atoms with Crippen LogP contribution in [-0.2, 0) is 0 Å². The van der Waals surface area contributed by atoms with Crippen LogP contribution < -0.4 is 5.32 Å². The normalized spacial score (nSPS) is 9.94. The molecule has 98 valence electrons. The van der Waals surface area contributed by atoms with Crippen LogP contribution in [0.5, 0.6) is 0 Å². The second-order valence-corrected chi connectivity index (χ2v) is 3.82. The maximum atomic E-state index is 12.1. The predicted octanol–water partition coefficient (Wildman–Crippen LogP) is 1.51. The van der Waals surface area contributed by atoms with Gasteiger partial charge >= 0.3 is 5.82 Å². The van der Waals surface area contributed by atoms with Gasteiger partial charge in [0, 0.05) is 20.6 Å². The van der Waals surface area contributed by atoms with Crippen LogP contribution in [0.4, 0.5) is 11.5 Å². The minimum Gasteiger partial charge on any atom is -0.384 e. The zero-order valence-electron chi connectivity index (χ0n) is 10.6. The van der Waals surface area contributed by atoms with E-state index in [1.165, 1.54) is 17.2 Å². The summed E-state index contributed by atoms with van der Waals surface area (Å²) in [7, 11) is 3.30. The van der Waals surface area contributed by atoms with Crippen molar-refractivity contribution in [2.75, 3.05) is 26.0 Å². The van der Waals surface area contributed by atoms with Gasteiger partial charge in [-0.2, -0.15) is 0 Å². The Kier molecular flexibility index (Phi) is 4.59. The zero-order valence-corrected chi connectivity index (χ0v) is 10.6. The highest BCUT2D eigenvalue weighted by Crippen LogP contribution is 2.20. The largest absolute Gasteiger partial charge is 0.384 e. The number of anilines is 1. The fourth-order valence-electron chi connectivity index (χ4n) is 1.56. The predicted molar refractivity (Wildman–Crippen MR) is 67.7 cm³/mol. The van der Waals surface area contributed by atoms with Crippen molar-refractivity contribution in [2.24, 2.45) is 0 Å². The quantitative estimate of drug-likeness (QED) is 0.634. The number of nitrogens with zero attached hydrogens (tertiary/aromatic N) is 3. The number of carbonyl (C=O) groups excluding carboxylic acids is 1. The van der Waals surface area contributed by atoms with Crippen molar-refractivity contribution < 1.29 is 9.72 Å². The number of aromatic nitrogens is 1. The maximum absolute atomic E-state index is 12.1. The fourth-order valence-corrected chi connectivity index (χ4v) is 1.56. The van der Waals surface area contributed by atoms with E-state index in [0.717, 1.165) is 6.42 Å². The molecular formula is C11H16N4O3. The average molecular weight is 252 g/mol. The van der Waals surface area contributed by atoms with Crippen molar-refractivity contribution in [2.45, 2.75) is 13.3 Å². The number of hydrogen-bond donors (Lipinski definition) is 1. The van der Waals surface area contributed by atoms with E-state index in [0.29, 0.717) is 12.2 Å². The third-order valence-corrected chi connectivity index (χ3v) is 2.48. The van der Waals surface area contributed by atoms with Gasteiger partial charge in [-0.3, -0.25) is 4.79 Å². The maximum Gasteiger partial charge on any atom is 0.364 e. The Bertz CT molecular complexity index is 462. The molecule has 1 amide bonds. The molecule has 0 atom stereocenters. The number of hydrogen-bond acceptors (Lipinski definition) is 5.